The van der Waals surface area contributed by atoms with Crippen molar-refractivity contribution in [1.29, 1.82) is 0 Å². The molecule has 33 heavy (non-hydrogen) atoms. The minimum atomic E-state index is 0. The van der Waals surface area contributed by atoms with Crippen LogP contribution < -0.4 is 0 Å². The van der Waals surface area contributed by atoms with Crippen molar-refractivity contribution in [3.8, 4) is 11.6 Å². The Morgan fingerprint density at radius 3 is 2.97 bits per heavy atom. The van der Waals surface area contributed by atoms with E-state index < -0.39 is 0 Å². The van der Waals surface area contributed by atoms with E-state index in [0.29, 0.717) is 11.2 Å². The van der Waals surface area contributed by atoms with Gasteiger partial charge in [0, 0.05) is 31.3 Å². The number of thiazole rings is 1. The van der Waals surface area contributed by atoms with Crippen LogP contribution in [0.1, 0.15) is 29.1 Å². The second kappa shape index (κ2) is 8.69. The molecule has 0 radical (unpaired) electrons. The molecule has 0 N–H and O–H groups in total. The summed E-state index contributed by atoms with van der Waals surface area (Å²) in [5.41, 5.74) is 3.88. The molecule has 2 aliphatic rings. The summed E-state index contributed by atoms with van der Waals surface area (Å²) >= 11 is 3.57. The quantitative estimate of drug-likeness (QED) is 0.263. The van der Waals surface area contributed by atoms with Crippen LogP contribution in [0.4, 0.5) is 0 Å². The lowest BCUT2D eigenvalue weighted by molar-refractivity contribution is 0.299. The van der Waals surface area contributed by atoms with E-state index in [4.69, 9.17) is 4.42 Å². The Kier molecular flexibility index (Phi) is 6.01. The molecule has 1 aliphatic carbocycles. The van der Waals surface area contributed by atoms with E-state index in [9.17, 15) is 0 Å². The molecule has 7 nitrogen and oxygen atoms in total. The van der Waals surface area contributed by atoms with E-state index >= 15 is 0 Å². The zero-order valence-electron chi connectivity index (χ0n) is 18.9. The summed E-state index contributed by atoms with van der Waals surface area (Å²) in [5, 5.41) is 10.7. The molecule has 10 heteroatoms. The fraction of sp³-hybridized carbons (Fsp3) is 0.478. The average Bonchev–Trinajstić information content (AvgIpc) is 3.20. The van der Waals surface area contributed by atoms with Crippen molar-refractivity contribution in [3.05, 3.63) is 40.9 Å². The zero-order valence-corrected chi connectivity index (χ0v) is 21.4. The van der Waals surface area contributed by atoms with Crippen LogP contribution in [-0.2, 0) is 12.5 Å². The van der Waals surface area contributed by atoms with Gasteiger partial charge in [0.05, 0.1) is 20.9 Å². The number of hydrogen-bond acceptors (Lipinski definition) is 8. The second-order valence-electron chi connectivity index (χ2n) is 9.04. The minimum absolute atomic E-state index is 0. The maximum atomic E-state index is 5.47. The van der Waals surface area contributed by atoms with E-state index in [1.807, 2.05) is 29.9 Å². The molecular formula is C23H27ClN6OS2. The molecule has 1 aliphatic heterocycles. The Hall–Kier alpha value is -1.94. The van der Waals surface area contributed by atoms with Crippen molar-refractivity contribution in [3.63, 3.8) is 0 Å². The fourth-order valence-corrected chi connectivity index (χ4v) is 6.86. The molecule has 3 aromatic heterocycles. The predicted molar refractivity (Wildman–Crippen MR) is 134 cm³/mol. The molecule has 0 spiro atoms. The molecule has 2 atom stereocenters. The van der Waals surface area contributed by atoms with Crippen LogP contribution in [0.5, 0.6) is 0 Å². The van der Waals surface area contributed by atoms with Gasteiger partial charge in [0.2, 0.25) is 5.82 Å². The molecule has 0 amide bonds. The predicted octanol–water partition coefficient (Wildman–Crippen LogP) is 4.87. The van der Waals surface area contributed by atoms with Crippen molar-refractivity contribution in [1.82, 2.24) is 29.6 Å². The first-order valence-electron chi connectivity index (χ1n) is 11.1. The molecule has 1 aromatic carbocycles. The van der Waals surface area contributed by atoms with E-state index in [-0.39, 0.29) is 12.4 Å². The molecule has 1 saturated heterocycles. The lowest BCUT2D eigenvalue weighted by atomic mass is 9.95. The van der Waals surface area contributed by atoms with Crippen LogP contribution in [0.25, 0.3) is 21.8 Å². The van der Waals surface area contributed by atoms with Gasteiger partial charge in [0.25, 0.3) is 0 Å². The molecule has 2 fully saturated rings. The molecule has 4 aromatic rings. The van der Waals surface area contributed by atoms with Crippen molar-refractivity contribution < 1.29 is 4.42 Å². The standard InChI is InChI=1S/C23H26N6OS2.ClH/c1-14-20(30-13-24-14)21-26-27-22(28(21)3)31-8-4-7-29-11-17-10-23(17,12-29)16-5-6-18-19(9-16)32-15(2)25-18;/h5-6,9,13,17H,4,7-8,10-12H2,1-3H3;1H/t17-,23?;/m1./s1. The number of halogens is 1. The number of hydrogen-bond donors (Lipinski definition) is 0. The molecule has 4 heterocycles. The van der Waals surface area contributed by atoms with Gasteiger partial charge >= 0.3 is 0 Å². The Labute approximate surface area is 207 Å². The highest BCUT2D eigenvalue weighted by Gasteiger charge is 2.60. The molecule has 174 valence electrons. The summed E-state index contributed by atoms with van der Waals surface area (Å²) in [7, 11) is 1.98. The number of oxazole rings is 1. The third kappa shape index (κ3) is 3.99. The first-order valence-corrected chi connectivity index (χ1v) is 12.9. The van der Waals surface area contributed by atoms with Gasteiger partial charge in [-0.25, -0.2) is 9.97 Å². The average molecular weight is 503 g/mol. The second-order valence-corrected chi connectivity index (χ2v) is 11.3. The van der Waals surface area contributed by atoms with Gasteiger partial charge < -0.3 is 13.9 Å². The van der Waals surface area contributed by atoms with Crippen LogP contribution in [0.3, 0.4) is 0 Å². The summed E-state index contributed by atoms with van der Waals surface area (Å²) in [5.74, 6) is 3.27. The van der Waals surface area contributed by atoms with E-state index in [2.05, 4.69) is 50.2 Å². The third-order valence-corrected chi connectivity index (χ3v) is 8.96. The van der Waals surface area contributed by atoms with Gasteiger partial charge in [-0.1, -0.05) is 17.8 Å². The first-order chi connectivity index (χ1) is 15.5. The summed E-state index contributed by atoms with van der Waals surface area (Å²) < 4.78 is 8.80. The van der Waals surface area contributed by atoms with Gasteiger partial charge in [-0.05, 0) is 56.8 Å². The van der Waals surface area contributed by atoms with Gasteiger partial charge in [0.15, 0.2) is 17.3 Å². The smallest absolute Gasteiger partial charge is 0.202 e. The van der Waals surface area contributed by atoms with Gasteiger partial charge in [-0.15, -0.1) is 33.9 Å². The number of thioether (sulfide) groups is 1. The fourth-order valence-electron chi connectivity index (χ4n) is 5.16. The number of nitrogens with zero attached hydrogens (tertiary/aromatic N) is 6. The van der Waals surface area contributed by atoms with Crippen LogP contribution in [-0.4, -0.2) is 55.0 Å². The number of rotatable bonds is 7. The number of benzene rings is 1. The molecule has 6 rings (SSSR count). The summed E-state index contributed by atoms with van der Waals surface area (Å²) in [6.07, 6.45) is 3.93. The van der Waals surface area contributed by atoms with Crippen LogP contribution in [0.2, 0.25) is 0 Å². The maximum Gasteiger partial charge on any atom is 0.202 e. The van der Waals surface area contributed by atoms with Crippen LogP contribution in [0.15, 0.2) is 34.2 Å². The Morgan fingerprint density at radius 1 is 1.27 bits per heavy atom. The van der Waals surface area contributed by atoms with Gasteiger partial charge in [-0.2, -0.15) is 0 Å². The highest BCUT2D eigenvalue weighted by atomic mass is 35.5. The normalized spacial score (nSPS) is 22.0. The topological polar surface area (TPSA) is 72.9 Å². The monoisotopic (exact) mass is 502 g/mol. The van der Waals surface area contributed by atoms with E-state index in [1.165, 1.54) is 36.2 Å². The number of piperidine rings is 1. The number of aryl methyl sites for hydroxylation is 2. The Morgan fingerprint density at radius 2 is 2.15 bits per heavy atom. The van der Waals surface area contributed by atoms with Gasteiger partial charge in [0.1, 0.15) is 0 Å². The summed E-state index contributed by atoms with van der Waals surface area (Å²) in [6, 6.07) is 6.94. The number of aromatic nitrogens is 5. The van der Waals surface area contributed by atoms with Crippen LogP contribution >= 0.6 is 35.5 Å². The molecule has 0 bridgehead atoms. The number of fused-ring (bicyclic) bond motifs is 2. The molecular weight excluding hydrogens is 476 g/mol. The van der Waals surface area contributed by atoms with Crippen LogP contribution in [0, 0.1) is 19.8 Å². The molecule has 1 saturated carbocycles. The van der Waals surface area contributed by atoms with Crippen molar-refractivity contribution >= 4 is 45.7 Å². The Balaban J connectivity index is 0.00000228. The van der Waals surface area contributed by atoms with Crippen molar-refractivity contribution in [2.75, 3.05) is 25.4 Å². The third-order valence-electron chi connectivity index (χ3n) is 6.92. The zero-order chi connectivity index (χ0) is 21.9. The minimum Gasteiger partial charge on any atom is -0.440 e. The molecule has 1 unspecified atom stereocenters. The maximum absolute atomic E-state index is 5.47. The highest BCUT2D eigenvalue weighted by molar-refractivity contribution is 7.99. The van der Waals surface area contributed by atoms with E-state index in [1.54, 1.807) is 11.8 Å². The Bertz CT molecular complexity index is 1300. The van der Waals surface area contributed by atoms with Gasteiger partial charge in [-0.3, -0.25) is 0 Å². The lowest BCUT2D eigenvalue weighted by Gasteiger charge is -2.21. The van der Waals surface area contributed by atoms with Crippen molar-refractivity contribution in [2.45, 2.75) is 37.3 Å². The highest BCUT2D eigenvalue weighted by Crippen LogP contribution is 2.59. The largest absolute Gasteiger partial charge is 0.440 e. The van der Waals surface area contributed by atoms with Crippen molar-refractivity contribution in [2.24, 2.45) is 13.0 Å². The SMILES string of the molecule is Cc1nc2ccc(C34C[C@@H]3CN(CCCSc3nnc(-c5ocnc5C)n3C)C4)cc2s1.Cl. The summed E-state index contributed by atoms with van der Waals surface area (Å²) in [6.45, 7) is 7.56. The summed E-state index contributed by atoms with van der Waals surface area (Å²) in [4.78, 5) is 11.4. The number of likely N-dealkylation sites (tertiary alicyclic amines) is 1. The first kappa shape index (κ1) is 22.8. The van der Waals surface area contributed by atoms with E-state index in [0.717, 1.165) is 51.8 Å². The lowest BCUT2D eigenvalue weighted by Crippen LogP contribution is -2.27.